The van der Waals surface area contributed by atoms with Crippen molar-refractivity contribution in [2.45, 2.75) is 43.9 Å². The van der Waals surface area contributed by atoms with E-state index in [-0.39, 0.29) is 6.10 Å². The summed E-state index contributed by atoms with van der Waals surface area (Å²) < 4.78 is 0. The van der Waals surface area contributed by atoms with Crippen LogP contribution < -0.4 is 0 Å². The van der Waals surface area contributed by atoms with E-state index in [2.05, 4.69) is 32.9 Å². The first-order valence-electron chi connectivity index (χ1n) is 5.45. The molecule has 0 heterocycles. The molecule has 0 saturated carbocycles. The van der Waals surface area contributed by atoms with Gasteiger partial charge in [-0.3, -0.25) is 0 Å². The van der Waals surface area contributed by atoms with E-state index >= 15 is 0 Å². The van der Waals surface area contributed by atoms with Crippen LogP contribution in [0.4, 0.5) is 0 Å². The minimum Gasteiger partial charge on any atom is -0.389 e. The summed E-state index contributed by atoms with van der Waals surface area (Å²) in [6, 6.07) is 8.18. The Kier molecular flexibility index (Phi) is 4.68. The normalized spacial score (nSPS) is 15.3. The van der Waals surface area contributed by atoms with E-state index < -0.39 is 0 Å². The minimum atomic E-state index is -0.369. The molecule has 0 fully saturated rings. The van der Waals surface area contributed by atoms with Crippen molar-refractivity contribution in [3.8, 4) is 0 Å². The van der Waals surface area contributed by atoms with Crippen molar-refractivity contribution in [2.75, 3.05) is 0 Å². The average molecular weight is 224 g/mol. The predicted molar refractivity (Wildman–Crippen MR) is 67.2 cm³/mol. The zero-order chi connectivity index (χ0) is 11.4. The van der Waals surface area contributed by atoms with Crippen LogP contribution in [-0.2, 0) is 0 Å². The molecular weight excluding hydrogens is 204 g/mol. The quantitative estimate of drug-likeness (QED) is 0.783. The molecule has 0 aliphatic rings. The first kappa shape index (κ1) is 12.6. The molecule has 0 amide bonds. The van der Waals surface area contributed by atoms with Gasteiger partial charge in [-0.05, 0) is 30.5 Å². The molecule has 0 aromatic heterocycles. The number of rotatable bonds is 4. The highest BCUT2D eigenvalue weighted by atomic mass is 32.2. The smallest absolute Gasteiger partial charge is 0.0761 e. The molecule has 0 bridgehead atoms. The van der Waals surface area contributed by atoms with E-state index in [1.54, 1.807) is 6.92 Å². The molecule has 1 unspecified atom stereocenters. The molecular formula is C13H20OS. The summed E-state index contributed by atoms with van der Waals surface area (Å²) >= 11 is 1.89. The highest BCUT2D eigenvalue weighted by molar-refractivity contribution is 8.00. The van der Waals surface area contributed by atoms with Gasteiger partial charge in [-0.25, -0.2) is 0 Å². The number of hydrogen-bond donors (Lipinski definition) is 1. The summed E-state index contributed by atoms with van der Waals surface area (Å²) in [6.45, 7) is 8.51. The molecule has 1 N–H and O–H groups in total. The fourth-order valence-corrected chi connectivity index (χ4v) is 2.17. The summed E-state index contributed by atoms with van der Waals surface area (Å²) in [5.74, 6) is 0.687. The summed E-state index contributed by atoms with van der Waals surface area (Å²) in [7, 11) is 0. The molecule has 15 heavy (non-hydrogen) atoms. The van der Waals surface area contributed by atoms with Gasteiger partial charge in [0.1, 0.15) is 0 Å². The third-order valence-electron chi connectivity index (χ3n) is 2.62. The number of aliphatic hydroxyl groups is 1. The third kappa shape index (κ3) is 3.88. The molecule has 0 aliphatic heterocycles. The van der Waals surface area contributed by atoms with Gasteiger partial charge in [0.2, 0.25) is 0 Å². The van der Waals surface area contributed by atoms with E-state index in [1.807, 2.05) is 23.9 Å². The standard InChI is InChI=1S/C13H20OS/c1-9(2)11(4)15-13-7-5-12(6-8-13)10(3)14/h5-11,14H,1-4H3/t10-,11?/m1/s1. The summed E-state index contributed by atoms with van der Waals surface area (Å²) in [4.78, 5) is 1.28. The lowest BCUT2D eigenvalue weighted by Crippen LogP contribution is -2.05. The van der Waals surface area contributed by atoms with E-state index in [4.69, 9.17) is 0 Å². The molecule has 0 aliphatic carbocycles. The largest absolute Gasteiger partial charge is 0.389 e. The summed E-state index contributed by atoms with van der Waals surface area (Å²) in [5, 5.41) is 10.0. The molecule has 1 aromatic carbocycles. The van der Waals surface area contributed by atoms with Crippen LogP contribution in [0.5, 0.6) is 0 Å². The molecule has 0 radical (unpaired) electrons. The van der Waals surface area contributed by atoms with Gasteiger partial charge in [-0.2, -0.15) is 0 Å². The van der Waals surface area contributed by atoms with Gasteiger partial charge in [0.25, 0.3) is 0 Å². The van der Waals surface area contributed by atoms with Crippen molar-refractivity contribution in [1.29, 1.82) is 0 Å². The Morgan fingerprint density at radius 1 is 1.00 bits per heavy atom. The van der Waals surface area contributed by atoms with Crippen LogP contribution in [0.15, 0.2) is 29.2 Å². The Morgan fingerprint density at radius 2 is 1.53 bits per heavy atom. The molecule has 84 valence electrons. The molecule has 0 spiro atoms. The van der Waals surface area contributed by atoms with Crippen molar-refractivity contribution in [3.63, 3.8) is 0 Å². The van der Waals surface area contributed by atoms with Gasteiger partial charge in [-0.15, -0.1) is 11.8 Å². The van der Waals surface area contributed by atoms with Gasteiger partial charge < -0.3 is 5.11 Å². The van der Waals surface area contributed by atoms with Crippen LogP contribution in [0, 0.1) is 5.92 Å². The Bertz CT molecular complexity index is 290. The van der Waals surface area contributed by atoms with Crippen molar-refractivity contribution in [2.24, 2.45) is 5.92 Å². The van der Waals surface area contributed by atoms with E-state index in [0.717, 1.165) is 5.56 Å². The molecule has 0 saturated heterocycles. The van der Waals surface area contributed by atoms with Gasteiger partial charge in [0, 0.05) is 10.1 Å². The van der Waals surface area contributed by atoms with Crippen molar-refractivity contribution in [3.05, 3.63) is 29.8 Å². The van der Waals surface area contributed by atoms with Crippen LogP contribution in [0.1, 0.15) is 39.4 Å². The first-order valence-corrected chi connectivity index (χ1v) is 6.33. The van der Waals surface area contributed by atoms with Gasteiger partial charge in [0.05, 0.1) is 6.10 Å². The monoisotopic (exact) mass is 224 g/mol. The highest BCUT2D eigenvalue weighted by Crippen LogP contribution is 2.28. The van der Waals surface area contributed by atoms with Crippen LogP contribution in [-0.4, -0.2) is 10.4 Å². The average Bonchev–Trinajstić information content (AvgIpc) is 2.18. The van der Waals surface area contributed by atoms with E-state index in [9.17, 15) is 5.11 Å². The third-order valence-corrected chi connectivity index (χ3v) is 4.08. The Balaban J connectivity index is 2.64. The Labute approximate surface area is 96.9 Å². The molecule has 1 aromatic rings. The topological polar surface area (TPSA) is 20.2 Å². The fourth-order valence-electron chi connectivity index (χ4n) is 1.18. The van der Waals surface area contributed by atoms with Gasteiger partial charge >= 0.3 is 0 Å². The first-order chi connectivity index (χ1) is 7.00. The SMILES string of the molecule is CC(C)C(C)Sc1ccc([C@@H](C)O)cc1. The maximum absolute atomic E-state index is 9.38. The van der Waals surface area contributed by atoms with Crippen LogP contribution in [0.3, 0.4) is 0 Å². The van der Waals surface area contributed by atoms with Crippen LogP contribution >= 0.6 is 11.8 Å². The van der Waals surface area contributed by atoms with Crippen molar-refractivity contribution in [1.82, 2.24) is 0 Å². The lowest BCUT2D eigenvalue weighted by Gasteiger charge is -2.15. The molecule has 2 atom stereocenters. The summed E-state index contributed by atoms with van der Waals surface area (Å²) in [6.07, 6.45) is -0.369. The number of aliphatic hydroxyl groups excluding tert-OH is 1. The van der Waals surface area contributed by atoms with Crippen LogP contribution in [0.2, 0.25) is 0 Å². The lowest BCUT2D eigenvalue weighted by molar-refractivity contribution is 0.199. The van der Waals surface area contributed by atoms with Crippen molar-refractivity contribution < 1.29 is 5.11 Å². The van der Waals surface area contributed by atoms with Gasteiger partial charge in [-0.1, -0.05) is 32.9 Å². The van der Waals surface area contributed by atoms with E-state index in [1.165, 1.54) is 4.90 Å². The fraction of sp³-hybridized carbons (Fsp3) is 0.538. The maximum Gasteiger partial charge on any atom is 0.0761 e. The molecule has 1 rings (SSSR count). The minimum absolute atomic E-state index is 0.369. The maximum atomic E-state index is 9.38. The van der Waals surface area contributed by atoms with Crippen LogP contribution in [0.25, 0.3) is 0 Å². The van der Waals surface area contributed by atoms with Gasteiger partial charge in [0.15, 0.2) is 0 Å². The zero-order valence-corrected chi connectivity index (χ0v) is 10.7. The highest BCUT2D eigenvalue weighted by Gasteiger charge is 2.08. The van der Waals surface area contributed by atoms with Crippen molar-refractivity contribution >= 4 is 11.8 Å². The number of hydrogen-bond acceptors (Lipinski definition) is 2. The van der Waals surface area contributed by atoms with E-state index in [0.29, 0.717) is 11.2 Å². The zero-order valence-electron chi connectivity index (χ0n) is 9.90. The Hall–Kier alpha value is -0.470. The second kappa shape index (κ2) is 5.57. The predicted octanol–water partition coefficient (Wildman–Crippen LogP) is 3.88. The molecule has 2 heteroatoms. The lowest BCUT2D eigenvalue weighted by atomic mass is 10.1. The Morgan fingerprint density at radius 3 is 1.93 bits per heavy atom. The number of benzene rings is 1. The molecule has 1 nitrogen and oxygen atoms in total. The second-order valence-corrected chi connectivity index (χ2v) is 5.76. The number of thioether (sulfide) groups is 1. The second-order valence-electron chi connectivity index (χ2n) is 4.31. The summed E-state index contributed by atoms with van der Waals surface area (Å²) in [5.41, 5.74) is 0.983.